The molecule has 1 rings (SSSR count). The molecular weight excluding hydrogens is 200 g/mol. The Hall–Kier alpha value is -0.910. The van der Waals surface area contributed by atoms with Gasteiger partial charge in [0.05, 0.1) is 5.54 Å². The van der Waals surface area contributed by atoms with Gasteiger partial charge in [-0.25, -0.2) is 9.67 Å². The highest BCUT2D eigenvalue weighted by Crippen LogP contribution is 2.22. The van der Waals surface area contributed by atoms with Crippen molar-refractivity contribution in [2.24, 2.45) is 5.18 Å². The van der Waals surface area contributed by atoms with Crippen LogP contribution in [0.2, 0.25) is 0 Å². The molecular formula is C8H14N4OS. The van der Waals surface area contributed by atoms with Crippen LogP contribution in [0, 0.1) is 11.8 Å². The van der Waals surface area contributed by atoms with Crippen molar-refractivity contribution in [3.63, 3.8) is 0 Å². The maximum absolute atomic E-state index is 10.3. The minimum Gasteiger partial charge on any atom is -0.233 e. The number of nitroso groups, excluding NO2 is 1. The van der Waals surface area contributed by atoms with Gasteiger partial charge in [-0.2, -0.15) is 10.0 Å². The van der Waals surface area contributed by atoms with Crippen molar-refractivity contribution < 1.29 is 0 Å². The molecule has 0 radical (unpaired) electrons. The lowest BCUT2D eigenvalue weighted by atomic mass is 10.1. The van der Waals surface area contributed by atoms with Gasteiger partial charge in [-0.15, -0.1) is 0 Å². The van der Waals surface area contributed by atoms with Crippen molar-refractivity contribution in [2.45, 2.75) is 31.5 Å². The molecule has 1 heterocycles. The molecule has 0 N–H and O–H groups in total. The van der Waals surface area contributed by atoms with E-state index < -0.39 is 5.54 Å². The van der Waals surface area contributed by atoms with Crippen LogP contribution in [0.1, 0.15) is 19.7 Å². The number of rotatable bonds is 4. The fraction of sp³-hybridized carbons (Fsp3) is 0.750. The highest BCUT2D eigenvalue weighted by atomic mass is 32.2. The number of hydrogen-bond acceptors (Lipinski definition) is 5. The lowest BCUT2D eigenvalue weighted by molar-refractivity contribution is 0.303. The van der Waals surface area contributed by atoms with E-state index in [-0.39, 0.29) is 6.54 Å². The molecule has 0 atom stereocenters. The number of aromatic nitrogens is 3. The maximum Gasteiger partial charge on any atom is 0.186 e. The third kappa shape index (κ3) is 2.12. The van der Waals surface area contributed by atoms with Crippen molar-refractivity contribution in [2.75, 3.05) is 12.8 Å². The fourth-order valence-electron chi connectivity index (χ4n) is 1.15. The van der Waals surface area contributed by atoms with Crippen molar-refractivity contribution >= 4 is 11.8 Å². The van der Waals surface area contributed by atoms with Crippen LogP contribution in [0.4, 0.5) is 0 Å². The smallest absolute Gasteiger partial charge is 0.186 e. The van der Waals surface area contributed by atoms with E-state index in [1.54, 1.807) is 4.68 Å². The molecule has 0 unspecified atom stereocenters. The molecule has 0 saturated heterocycles. The van der Waals surface area contributed by atoms with E-state index in [1.807, 2.05) is 27.0 Å². The van der Waals surface area contributed by atoms with Crippen LogP contribution < -0.4 is 0 Å². The Morgan fingerprint density at radius 2 is 2.21 bits per heavy atom. The van der Waals surface area contributed by atoms with Gasteiger partial charge >= 0.3 is 0 Å². The second-order valence-electron chi connectivity index (χ2n) is 3.66. The molecule has 0 spiro atoms. The molecule has 0 amide bonds. The van der Waals surface area contributed by atoms with Crippen LogP contribution in [-0.2, 0) is 5.54 Å². The predicted molar refractivity (Wildman–Crippen MR) is 56.5 cm³/mol. The summed E-state index contributed by atoms with van der Waals surface area (Å²) in [6, 6.07) is 0. The summed E-state index contributed by atoms with van der Waals surface area (Å²) in [5.74, 6) is 0.716. The zero-order valence-electron chi connectivity index (χ0n) is 8.81. The molecule has 78 valence electrons. The van der Waals surface area contributed by atoms with E-state index in [9.17, 15) is 4.91 Å². The largest absolute Gasteiger partial charge is 0.233 e. The summed E-state index contributed by atoms with van der Waals surface area (Å²) in [5.41, 5.74) is -0.401. The normalized spacial score (nSPS) is 11.7. The topological polar surface area (TPSA) is 60.1 Å². The van der Waals surface area contributed by atoms with Crippen LogP contribution in [0.25, 0.3) is 0 Å². The van der Waals surface area contributed by atoms with Crippen LogP contribution in [0.3, 0.4) is 0 Å². The van der Waals surface area contributed by atoms with Gasteiger partial charge in [0.25, 0.3) is 0 Å². The second kappa shape index (κ2) is 4.08. The Bertz CT molecular complexity index is 334. The number of nitrogens with zero attached hydrogens (tertiary/aromatic N) is 4. The van der Waals surface area contributed by atoms with Gasteiger partial charge in [0.2, 0.25) is 0 Å². The maximum atomic E-state index is 10.3. The zero-order chi connectivity index (χ0) is 10.8. The third-order valence-corrected chi connectivity index (χ3v) is 2.52. The van der Waals surface area contributed by atoms with E-state index in [0.29, 0.717) is 5.82 Å². The first-order valence-corrected chi connectivity index (χ1v) is 5.51. The molecule has 0 saturated carbocycles. The van der Waals surface area contributed by atoms with Crippen molar-refractivity contribution in [3.8, 4) is 0 Å². The number of thioether (sulfide) groups is 1. The van der Waals surface area contributed by atoms with E-state index >= 15 is 0 Å². The summed E-state index contributed by atoms with van der Waals surface area (Å²) in [4.78, 5) is 14.5. The third-order valence-electron chi connectivity index (χ3n) is 1.89. The van der Waals surface area contributed by atoms with Gasteiger partial charge < -0.3 is 0 Å². The first-order valence-electron chi connectivity index (χ1n) is 4.28. The van der Waals surface area contributed by atoms with Crippen LogP contribution in [-0.4, -0.2) is 27.6 Å². The van der Waals surface area contributed by atoms with Gasteiger partial charge in [0.1, 0.15) is 12.4 Å². The molecule has 0 aromatic carbocycles. The monoisotopic (exact) mass is 214 g/mol. The Kier molecular flexibility index (Phi) is 3.25. The Labute approximate surface area is 87.3 Å². The average Bonchev–Trinajstić information content (AvgIpc) is 2.47. The summed E-state index contributed by atoms with van der Waals surface area (Å²) >= 11 is 1.51. The molecule has 0 aliphatic carbocycles. The zero-order valence-corrected chi connectivity index (χ0v) is 9.63. The molecule has 1 aromatic rings. The van der Waals surface area contributed by atoms with Gasteiger partial charge in [-0.05, 0) is 27.0 Å². The highest BCUT2D eigenvalue weighted by Gasteiger charge is 2.25. The minimum atomic E-state index is -0.401. The van der Waals surface area contributed by atoms with Crippen LogP contribution >= 0.6 is 11.8 Å². The van der Waals surface area contributed by atoms with Crippen LogP contribution in [0.15, 0.2) is 10.3 Å². The summed E-state index contributed by atoms with van der Waals surface area (Å²) in [6.45, 7) is 5.87. The lowest BCUT2D eigenvalue weighted by Gasteiger charge is -2.22. The quantitative estimate of drug-likeness (QED) is 0.566. The molecule has 6 heteroatoms. The minimum absolute atomic E-state index is 0.198. The van der Waals surface area contributed by atoms with Gasteiger partial charge in [-0.1, -0.05) is 16.9 Å². The first-order chi connectivity index (χ1) is 6.51. The van der Waals surface area contributed by atoms with E-state index in [1.165, 1.54) is 11.8 Å². The summed E-state index contributed by atoms with van der Waals surface area (Å²) in [5, 5.41) is 7.99. The Balaban J connectivity index is 3.09. The summed E-state index contributed by atoms with van der Waals surface area (Å²) in [6.07, 6.45) is 1.93. The van der Waals surface area contributed by atoms with E-state index in [0.717, 1.165) is 5.16 Å². The predicted octanol–water partition coefficient (Wildman–Crippen LogP) is 1.81. The first kappa shape index (κ1) is 11.2. The molecule has 1 aromatic heterocycles. The average molecular weight is 214 g/mol. The SMILES string of the molecule is CSc1nc(C)nn1C(C)(C)CN=O. The van der Waals surface area contributed by atoms with Crippen LogP contribution in [0.5, 0.6) is 0 Å². The standard InChI is InChI=1S/C8H14N4OS/c1-6-10-7(14-4)12(11-6)8(2,3)5-9-13/h5H2,1-4H3. The molecule has 5 nitrogen and oxygen atoms in total. The number of hydrogen-bond donors (Lipinski definition) is 0. The molecule has 0 bridgehead atoms. The molecule has 0 aliphatic rings. The highest BCUT2D eigenvalue weighted by molar-refractivity contribution is 7.98. The summed E-state index contributed by atoms with van der Waals surface area (Å²) < 4.78 is 1.76. The van der Waals surface area contributed by atoms with Crippen molar-refractivity contribution in [1.29, 1.82) is 0 Å². The van der Waals surface area contributed by atoms with Crippen molar-refractivity contribution in [1.82, 2.24) is 14.8 Å². The number of aryl methyl sites for hydroxylation is 1. The Morgan fingerprint density at radius 3 is 2.71 bits per heavy atom. The van der Waals surface area contributed by atoms with Gasteiger partial charge in [0, 0.05) is 0 Å². The lowest BCUT2D eigenvalue weighted by Crippen LogP contribution is -2.31. The fourth-order valence-corrected chi connectivity index (χ4v) is 1.83. The van der Waals surface area contributed by atoms with E-state index in [4.69, 9.17) is 0 Å². The molecule has 14 heavy (non-hydrogen) atoms. The van der Waals surface area contributed by atoms with Gasteiger partial charge in [-0.3, -0.25) is 0 Å². The second-order valence-corrected chi connectivity index (χ2v) is 4.43. The Morgan fingerprint density at radius 1 is 1.57 bits per heavy atom. The summed E-state index contributed by atoms with van der Waals surface area (Å²) in [7, 11) is 0. The molecule has 0 aliphatic heterocycles. The molecule has 0 fully saturated rings. The van der Waals surface area contributed by atoms with E-state index in [2.05, 4.69) is 15.3 Å². The van der Waals surface area contributed by atoms with Gasteiger partial charge in [0.15, 0.2) is 5.16 Å². The van der Waals surface area contributed by atoms with Crippen molar-refractivity contribution in [3.05, 3.63) is 10.7 Å².